The van der Waals surface area contributed by atoms with E-state index in [4.69, 9.17) is 0 Å². The predicted octanol–water partition coefficient (Wildman–Crippen LogP) is 2.00. The summed E-state index contributed by atoms with van der Waals surface area (Å²) >= 11 is 0. The summed E-state index contributed by atoms with van der Waals surface area (Å²) in [5.74, 6) is -0.991. The minimum Gasteiger partial charge on any atom is -0.311 e. The van der Waals surface area contributed by atoms with Gasteiger partial charge in [-0.1, -0.05) is 6.07 Å². The normalized spacial score (nSPS) is 13.1. The van der Waals surface area contributed by atoms with E-state index in [-0.39, 0.29) is 12.1 Å². The first kappa shape index (κ1) is 13.1. The van der Waals surface area contributed by atoms with Gasteiger partial charge in [0, 0.05) is 24.7 Å². The zero-order valence-corrected chi connectivity index (χ0v) is 9.93. The van der Waals surface area contributed by atoms with Gasteiger partial charge in [-0.15, -0.1) is 0 Å². The predicted molar refractivity (Wildman–Crippen MR) is 61.2 cm³/mol. The summed E-state index contributed by atoms with van der Waals surface area (Å²) in [6.07, 6.45) is 0. The van der Waals surface area contributed by atoms with Crippen LogP contribution in [0.3, 0.4) is 0 Å². The van der Waals surface area contributed by atoms with Crippen molar-refractivity contribution in [3.05, 3.63) is 35.4 Å². The van der Waals surface area contributed by atoms with E-state index in [1.165, 1.54) is 18.2 Å². The standard InChI is InChI=1S/C12H18F2N2/c1-9(16(2)3)7-15-8-10-11(13)5-4-6-12(10)14/h4-6,9,15H,7-8H2,1-3H3. The van der Waals surface area contributed by atoms with Crippen molar-refractivity contribution in [2.45, 2.75) is 19.5 Å². The zero-order chi connectivity index (χ0) is 12.1. The molecule has 0 heterocycles. The SMILES string of the molecule is CC(CNCc1c(F)cccc1F)N(C)C. The summed E-state index contributed by atoms with van der Waals surface area (Å²) in [6, 6.07) is 4.25. The molecule has 1 N–H and O–H groups in total. The Bertz CT molecular complexity index is 320. The molecular weight excluding hydrogens is 210 g/mol. The fourth-order valence-electron chi connectivity index (χ4n) is 1.29. The molecule has 0 saturated heterocycles. The summed E-state index contributed by atoms with van der Waals surface area (Å²) in [5, 5.41) is 3.04. The molecule has 4 heteroatoms. The summed E-state index contributed by atoms with van der Waals surface area (Å²) in [5.41, 5.74) is 0.105. The lowest BCUT2D eigenvalue weighted by Crippen LogP contribution is -2.35. The van der Waals surface area contributed by atoms with Crippen molar-refractivity contribution in [2.24, 2.45) is 0 Å². The highest BCUT2D eigenvalue weighted by molar-refractivity contribution is 5.19. The molecule has 1 aromatic rings. The first-order chi connectivity index (χ1) is 7.52. The van der Waals surface area contributed by atoms with Crippen LogP contribution in [0.4, 0.5) is 8.78 Å². The first-order valence-corrected chi connectivity index (χ1v) is 5.32. The fraction of sp³-hybridized carbons (Fsp3) is 0.500. The first-order valence-electron chi connectivity index (χ1n) is 5.32. The van der Waals surface area contributed by atoms with Crippen LogP contribution in [0.2, 0.25) is 0 Å². The molecule has 0 aliphatic heterocycles. The number of halogens is 2. The van der Waals surface area contributed by atoms with E-state index in [1.807, 2.05) is 25.9 Å². The third kappa shape index (κ3) is 3.54. The van der Waals surface area contributed by atoms with Crippen LogP contribution in [0.25, 0.3) is 0 Å². The molecule has 0 amide bonds. The minimum atomic E-state index is -0.495. The molecule has 16 heavy (non-hydrogen) atoms. The monoisotopic (exact) mass is 228 g/mol. The van der Waals surface area contributed by atoms with Gasteiger partial charge in [-0.25, -0.2) is 8.78 Å². The Hall–Kier alpha value is -1.00. The minimum absolute atomic E-state index is 0.105. The van der Waals surface area contributed by atoms with Crippen LogP contribution in [-0.2, 0) is 6.54 Å². The quantitative estimate of drug-likeness (QED) is 0.829. The lowest BCUT2D eigenvalue weighted by molar-refractivity contribution is 0.301. The van der Waals surface area contributed by atoms with Crippen LogP contribution >= 0.6 is 0 Å². The molecule has 0 radical (unpaired) electrons. The summed E-state index contributed by atoms with van der Waals surface area (Å²) in [6.45, 7) is 2.96. The molecule has 0 aromatic heterocycles. The molecule has 90 valence electrons. The highest BCUT2D eigenvalue weighted by Gasteiger charge is 2.09. The van der Waals surface area contributed by atoms with Crippen LogP contribution in [0.5, 0.6) is 0 Å². The van der Waals surface area contributed by atoms with Crippen LogP contribution in [-0.4, -0.2) is 31.6 Å². The Morgan fingerprint density at radius 1 is 1.25 bits per heavy atom. The van der Waals surface area contributed by atoms with Crippen molar-refractivity contribution in [1.29, 1.82) is 0 Å². The number of hydrogen-bond acceptors (Lipinski definition) is 2. The zero-order valence-electron chi connectivity index (χ0n) is 9.93. The van der Waals surface area contributed by atoms with Crippen LogP contribution in [0, 0.1) is 11.6 Å². The molecule has 1 rings (SSSR count). The highest BCUT2D eigenvalue weighted by atomic mass is 19.1. The van der Waals surface area contributed by atoms with E-state index >= 15 is 0 Å². The third-order valence-corrected chi connectivity index (χ3v) is 2.68. The molecule has 1 aromatic carbocycles. The average molecular weight is 228 g/mol. The third-order valence-electron chi connectivity index (χ3n) is 2.68. The van der Waals surface area contributed by atoms with Gasteiger partial charge in [0.1, 0.15) is 11.6 Å². The van der Waals surface area contributed by atoms with Gasteiger partial charge in [0.2, 0.25) is 0 Å². The maximum atomic E-state index is 13.2. The lowest BCUT2D eigenvalue weighted by Gasteiger charge is -2.20. The number of nitrogens with one attached hydrogen (secondary N) is 1. The number of benzene rings is 1. The number of nitrogens with zero attached hydrogens (tertiary/aromatic N) is 1. The second-order valence-corrected chi connectivity index (χ2v) is 4.14. The molecule has 1 unspecified atom stereocenters. The van der Waals surface area contributed by atoms with Gasteiger partial charge >= 0.3 is 0 Å². The molecule has 0 aliphatic carbocycles. The Balaban J connectivity index is 2.49. The van der Waals surface area contributed by atoms with Crippen LogP contribution in [0.1, 0.15) is 12.5 Å². The Labute approximate surface area is 95.3 Å². The Morgan fingerprint density at radius 3 is 2.31 bits per heavy atom. The Morgan fingerprint density at radius 2 is 1.81 bits per heavy atom. The summed E-state index contributed by atoms with van der Waals surface area (Å²) in [4.78, 5) is 2.05. The van der Waals surface area contributed by atoms with Gasteiger partial charge in [0.15, 0.2) is 0 Å². The number of likely N-dealkylation sites (N-methyl/N-ethyl adjacent to an activating group) is 1. The van der Waals surface area contributed by atoms with Gasteiger partial charge in [-0.3, -0.25) is 0 Å². The number of hydrogen-bond donors (Lipinski definition) is 1. The van der Waals surface area contributed by atoms with Gasteiger partial charge in [-0.05, 0) is 33.2 Å². The van der Waals surface area contributed by atoms with E-state index in [1.54, 1.807) is 0 Å². The van der Waals surface area contributed by atoms with Crippen LogP contribution in [0.15, 0.2) is 18.2 Å². The average Bonchev–Trinajstić information content (AvgIpc) is 2.22. The van der Waals surface area contributed by atoms with Crippen molar-refractivity contribution in [1.82, 2.24) is 10.2 Å². The second-order valence-electron chi connectivity index (χ2n) is 4.14. The van der Waals surface area contributed by atoms with Gasteiger partial charge in [0.05, 0.1) is 0 Å². The Kier molecular flexibility index (Phi) is 4.83. The molecule has 2 nitrogen and oxygen atoms in total. The van der Waals surface area contributed by atoms with Gasteiger partial charge in [-0.2, -0.15) is 0 Å². The van der Waals surface area contributed by atoms with E-state index < -0.39 is 11.6 Å². The van der Waals surface area contributed by atoms with Crippen molar-refractivity contribution >= 4 is 0 Å². The van der Waals surface area contributed by atoms with E-state index in [9.17, 15) is 8.78 Å². The summed E-state index contributed by atoms with van der Waals surface area (Å²) < 4.78 is 26.5. The molecule has 0 saturated carbocycles. The number of rotatable bonds is 5. The second kappa shape index (κ2) is 5.92. The largest absolute Gasteiger partial charge is 0.311 e. The fourth-order valence-corrected chi connectivity index (χ4v) is 1.29. The maximum absolute atomic E-state index is 13.2. The van der Waals surface area contributed by atoms with Crippen molar-refractivity contribution in [3.8, 4) is 0 Å². The molecular formula is C12H18F2N2. The topological polar surface area (TPSA) is 15.3 Å². The molecule has 0 aliphatic rings. The highest BCUT2D eigenvalue weighted by Crippen LogP contribution is 2.11. The van der Waals surface area contributed by atoms with Crippen molar-refractivity contribution < 1.29 is 8.78 Å². The lowest BCUT2D eigenvalue weighted by atomic mass is 10.2. The van der Waals surface area contributed by atoms with Crippen molar-refractivity contribution in [2.75, 3.05) is 20.6 Å². The molecule has 0 bridgehead atoms. The van der Waals surface area contributed by atoms with Gasteiger partial charge < -0.3 is 10.2 Å². The molecule has 0 spiro atoms. The maximum Gasteiger partial charge on any atom is 0.130 e. The van der Waals surface area contributed by atoms with E-state index in [0.29, 0.717) is 12.6 Å². The van der Waals surface area contributed by atoms with Crippen LogP contribution < -0.4 is 5.32 Å². The summed E-state index contributed by atoms with van der Waals surface area (Å²) in [7, 11) is 3.94. The molecule has 1 atom stereocenters. The smallest absolute Gasteiger partial charge is 0.130 e. The van der Waals surface area contributed by atoms with E-state index in [2.05, 4.69) is 5.32 Å². The van der Waals surface area contributed by atoms with Crippen molar-refractivity contribution in [3.63, 3.8) is 0 Å². The molecule has 0 fully saturated rings. The van der Waals surface area contributed by atoms with E-state index in [0.717, 1.165) is 0 Å². The van der Waals surface area contributed by atoms with Gasteiger partial charge in [0.25, 0.3) is 0 Å².